The second-order valence-corrected chi connectivity index (χ2v) is 5.26. The second-order valence-electron chi connectivity index (χ2n) is 4.41. The van der Waals surface area contributed by atoms with E-state index in [1.807, 2.05) is 0 Å². The standard InChI is InChI=1S/C15H9Cl2F3O/c16-12-5-4-9(13(17)8-12)7-14(21)10-2-1-3-11(6-10)15(18,19)20/h1-6,8H,7H2. The van der Waals surface area contributed by atoms with E-state index in [4.69, 9.17) is 23.2 Å². The van der Waals surface area contributed by atoms with Gasteiger partial charge in [0.05, 0.1) is 5.56 Å². The maximum Gasteiger partial charge on any atom is 0.416 e. The average molecular weight is 333 g/mol. The van der Waals surface area contributed by atoms with Crippen LogP contribution < -0.4 is 0 Å². The predicted octanol–water partition coefficient (Wildman–Crippen LogP) is 5.44. The van der Waals surface area contributed by atoms with E-state index in [2.05, 4.69) is 0 Å². The highest BCUT2D eigenvalue weighted by molar-refractivity contribution is 6.35. The zero-order valence-electron chi connectivity index (χ0n) is 10.5. The molecule has 0 aliphatic heterocycles. The Morgan fingerprint density at radius 1 is 1.05 bits per heavy atom. The molecular formula is C15H9Cl2F3O. The van der Waals surface area contributed by atoms with Crippen molar-refractivity contribution in [2.75, 3.05) is 0 Å². The van der Waals surface area contributed by atoms with E-state index in [1.165, 1.54) is 18.2 Å². The van der Waals surface area contributed by atoms with Crippen molar-refractivity contribution >= 4 is 29.0 Å². The van der Waals surface area contributed by atoms with E-state index in [9.17, 15) is 18.0 Å². The summed E-state index contributed by atoms with van der Waals surface area (Å²) in [6, 6.07) is 8.95. The molecule has 0 aromatic heterocycles. The zero-order valence-corrected chi connectivity index (χ0v) is 12.1. The number of hydrogen-bond donors (Lipinski definition) is 0. The first-order valence-electron chi connectivity index (χ1n) is 5.92. The van der Waals surface area contributed by atoms with Gasteiger partial charge in [0, 0.05) is 22.0 Å². The Balaban J connectivity index is 2.25. The van der Waals surface area contributed by atoms with Crippen molar-refractivity contribution in [1.82, 2.24) is 0 Å². The molecule has 21 heavy (non-hydrogen) atoms. The van der Waals surface area contributed by atoms with Gasteiger partial charge in [0.15, 0.2) is 5.78 Å². The van der Waals surface area contributed by atoms with Crippen LogP contribution in [0.5, 0.6) is 0 Å². The van der Waals surface area contributed by atoms with Gasteiger partial charge in [0.25, 0.3) is 0 Å². The Morgan fingerprint density at radius 2 is 1.76 bits per heavy atom. The molecule has 0 atom stereocenters. The summed E-state index contributed by atoms with van der Waals surface area (Å²) >= 11 is 11.7. The van der Waals surface area contributed by atoms with Gasteiger partial charge in [-0.3, -0.25) is 4.79 Å². The average Bonchev–Trinajstić information content (AvgIpc) is 2.41. The van der Waals surface area contributed by atoms with Crippen molar-refractivity contribution in [1.29, 1.82) is 0 Å². The molecule has 0 fully saturated rings. The van der Waals surface area contributed by atoms with Gasteiger partial charge in [0.2, 0.25) is 0 Å². The third-order valence-electron chi connectivity index (χ3n) is 2.88. The van der Waals surface area contributed by atoms with Crippen molar-refractivity contribution in [3.8, 4) is 0 Å². The number of alkyl halides is 3. The monoisotopic (exact) mass is 332 g/mol. The Hall–Kier alpha value is -1.52. The minimum Gasteiger partial charge on any atom is -0.294 e. The van der Waals surface area contributed by atoms with Crippen LogP contribution in [0.2, 0.25) is 10.0 Å². The van der Waals surface area contributed by atoms with Gasteiger partial charge in [-0.15, -0.1) is 0 Å². The summed E-state index contributed by atoms with van der Waals surface area (Å²) in [4.78, 5) is 12.1. The summed E-state index contributed by atoms with van der Waals surface area (Å²) in [6.07, 6.45) is -4.56. The van der Waals surface area contributed by atoms with Gasteiger partial charge >= 0.3 is 6.18 Å². The largest absolute Gasteiger partial charge is 0.416 e. The summed E-state index contributed by atoms with van der Waals surface area (Å²) in [7, 11) is 0. The topological polar surface area (TPSA) is 17.1 Å². The number of rotatable bonds is 3. The zero-order chi connectivity index (χ0) is 15.6. The smallest absolute Gasteiger partial charge is 0.294 e. The van der Waals surface area contributed by atoms with Gasteiger partial charge < -0.3 is 0 Å². The Kier molecular flexibility index (Phi) is 4.59. The molecule has 2 rings (SSSR count). The molecular weight excluding hydrogens is 324 g/mol. The van der Waals surface area contributed by atoms with Gasteiger partial charge in [-0.05, 0) is 29.8 Å². The molecule has 0 heterocycles. The summed E-state index contributed by atoms with van der Waals surface area (Å²) in [5.41, 5.74) is -0.338. The van der Waals surface area contributed by atoms with Crippen LogP contribution >= 0.6 is 23.2 Å². The first-order chi connectivity index (χ1) is 9.77. The molecule has 0 amide bonds. The SMILES string of the molecule is O=C(Cc1ccc(Cl)cc1Cl)c1cccc(C(F)(F)F)c1. The number of carbonyl (C=O) groups excluding carboxylic acids is 1. The van der Waals surface area contributed by atoms with Crippen LogP contribution in [0.25, 0.3) is 0 Å². The molecule has 0 saturated carbocycles. The molecule has 2 aromatic carbocycles. The lowest BCUT2D eigenvalue weighted by atomic mass is 10.0. The number of Topliss-reactive ketones (excluding diaryl/α,β-unsaturated/α-hetero) is 1. The third kappa shape index (κ3) is 3.99. The van der Waals surface area contributed by atoms with Gasteiger partial charge in [-0.1, -0.05) is 41.4 Å². The Labute approximate surface area is 129 Å². The molecule has 0 aliphatic carbocycles. The van der Waals surface area contributed by atoms with Crippen LogP contribution in [0, 0.1) is 0 Å². The Morgan fingerprint density at radius 3 is 2.38 bits per heavy atom. The normalized spacial score (nSPS) is 11.5. The fraction of sp³-hybridized carbons (Fsp3) is 0.133. The molecule has 0 aliphatic rings. The van der Waals surface area contributed by atoms with Gasteiger partial charge in [0.1, 0.15) is 0 Å². The maximum absolute atomic E-state index is 12.6. The molecule has 0 radical (unpaired) electrons. The molecule has 0 N–H and O–H groups in total. The van der Waals surface area contributed by atoms with Gasteiger partial charge in [-0.2, -0.15) is 13.2 Å². The van der Waals surface area contributed by atoms with Crippen LogP contribution in [0.3, 0.4) is 0 Å². The molecule has 0 spiro atoms. The maximum atomic E-state index is 12.6. The highest BCUT2D eigenvalue weighted by Crippen LogP contribution is 2.30. The second kappa shape index (κ2) is 6.08. The summed E-state index contributed by atoms with van der Waals surface area (Å²) < 4.78 is 37.9. The van der Waals surface area contributed by atoms with Crippen molar-refractivity contribution < 1.29 is 18.0 Å². The van der Waals surface area contributed by atoms with E-state index >= 15 is 0 Å². The summed E-state index contributed by atoms with van der Waals surface area (Å²) in [6.45, 7) is 0. The molecule has 0 saturated heterocycles. The summed E-state index contributed by atoms with van der Waals surface area (Å²) in [5.74, 6) is -0.440. The molecule has 6 heteroatoms. The minimum atomic E-state index is -4.48. The van der Waals surface area contributed by atoms with Crippen LogP contribution in [-0.4, -0.2) is 5.78 Å². The van der Waals surface area contributed by atoms with E-state index in [1.54, 1.807) is 12.1 Å². The lowest BCUT2D eigenvalue weighted by molar-refractivity contribution is -0.137. The molecule has 1 nitrogen and oxygen atoms in total. The van der Waals surface area contributed by atoms with E-state index in [-0.39, 0.29) is 12.0 Å². The van der Waals surface area contributed by atoms with E-state index in [0.717, 1.165) is 12.1 Å². The number of carbonyl (C=O) groups is 1. The van der Waals surface area contributed by atoms with Crippen molar-refractivity contribution in [3.63, 3.8) is 0 Å². The lowest BCUT2D eigenvalue weighted by Gasteiger charge is -2.09. The summed E-state index contributed by atoms with van der Waals surface area (Å²) in [5, 5.41) is 0.734. The quantitative estimate of drug-likeness (QED) is 0.684. The minimum absolute atomic E-state index is 0.00385. The molecule has 0 unspecified atom stereocenters. The first kappa shape index (κ1) is 15.9. The highest BCUT2D eigenvalue weighted by Gasteiger charge is 2.30. The van der Waals surface area contributed by atoms with Gasteiger partial charge in [-0.25, -0.2) is 0 Å². The van der Waals surface area contributed by atoms with Crippen LogP contribution in [0.15, 0.2) is 42.5 Å². The van der Waals surface area contributed by atoms with E-state index < -0.39 is 17.5 Å². The predicted molar refractivity (Wildman–Crippen MR) is 75.9 cm³/mol. The first-order valence-corrected chi connectivity index (χ1v) is 6.67. The lowest BCUT2D eigenvalue weighted by Crippen LogP contribution is -2.09. The fourth-order valence-corrected chi connectivity index (χ4v) is 2.28. The van der Waals surface area contributed by atoms with Crippen molar-refractivity contribution in [3.05, 3.63) is 69.2 Å². The number of ketones is 1. The number of halogens is 5. The number of hydrogen-bond acceptors (Lipinski definition) is 1. The van der Waals surface area contributed by atoms with E-state index in [0.29, 0.717) is 15.6 Å². The fourth-order valence-electron chi connectivity index (χ4n) is 1.81. The molecule has 110 valence electrons. The van der Waals surface area contributed by atoms with Crippen LogP contribution in [-0.2, 0) is 12.6 Å². The van der Waals surface area contributed by atoms with Crippen LogP contribution in [0.1, 0.15) is 21.5 Å². The Bertz CT molecular complexity index is 681. The number of benzene rings is 2. The third-order valence-corrected chi connectivity index (χ3v) is 3.46. The molecule has 0 bridgehead atoms. The van der Waals surface area contributed by atoms with Crippen LogP contribution in [0.4, 0.5) is 13.2 Å². The highest BCUT2D eigenvalue weighted by atomic mass is 35.5. The molecule has 2 aromatic rings. The van der Waals surface area contributed by atoms with Crippen molar-refractivity contribution in [2.45, 2.75) is 12.6 Å². The van der Waals surface area contributed by atoms with Crippen molar-refractivity contribution in [2.24, 2.45) is 0 Å².